The number of halogens is 2. The molecule has 0 unspecified atom stereocenters. The second-order valence-corrected chi connectivity index (χ2v) is 8.28. The van der Waals surface area contributed by atoms with Gasteiger partial charge in [-0.2, -0.15) is 0 Å². The zero-order chi connectivity index (χ0) is 22.4. The van der Waals surface area contributed by atoms with E-state index in [2.05, 4.69) is 9.97 Å². The zero-order valence-corrected chi connectivity index (χ0v) is 17.4. The summed E-state index contributed by atoms with van der Waals surface area (Å²) in [7, 11) is 0. The Morgan fingerprint density at radius 3 is 2.59 bits per heavy atom. The van der Waals surface area contributed by atoms with Crippen LogP contribution in [-0.4, -0.2) is 22.5 Å². The second-order valence-electron chi connectivity index (χ2n) is 7.23. The Bertz CT molecular complexity index is 1390. The molecule has 6 nitrogen and oxygen atoms in total. The number of thiophene rings is 1. The Balaban J connectivity index is 1.69. The van der Waals surface area contributed by atoms with Gasteiger partial charge in [0.2, 0.25) is 0 Å². The van der Waals surface area contributed by atoms with Gasteiger partial charge in [-0.3, -0.25) is 4.79 Å². The lowest BCUT2D eigenvalue weighted by atomic mass is 10.0. The van der Waals surface area contributed by atoms with Crippen LogP contribution in [0.25, 0.3) is 32.3 Å². The van der Waals surface area contributed by atoms with Gasteiger partial charge in [-0.05, 0) is 48.0 Å². The molecule has 0 atom stereocenters. The number of carbonyl (C=O) groups excluding carboxylic acids is 1. The minimum absolute atomic E-state index is 0.137. The van der Waals surface area contributed by atoms with Crippen LogP contribution in [0.4, 0.5) is 14.6 Å². The molecule has 0 bridgehead atoms. The van der Waals surface area contributed by atoms with Crippen molar-refractivity contribution >= 4 is 23.1 Å². The maximum absolute atomic E-state index is 14.6. The number of nitrogen functional groups attached to an aromatic ring is 1. The standard InChI is InChI=1S/C23H16F2N4O2S/c24-12-1-2-13(15(25)10-12)20-14(3-6-19(26)29-20)18-9-11-7-8-31-17-5-4-16(23(27)30)28-21(17)22(11)32-18/h1-6,9-10H,7-8H2,(H2,26,29)(H2,27,30). The summed E-state index contributed by atoms with van der Waals surface area (Å²) < 4.78 is 33.8. The first kappa shape index (κ1) is 20.1. The van der Waals surface area contributed by atoms with Gasteiger partial charge in [0, 0.05) is 28.5 Å². The van der Waals surface area contributed by atoms with Crippen LogP contribution >= 0.6 is 11.3 Å². The highest BCUT2D eigenvalue weighted by atomic mass is 32.1. The largest absolute Gasteiger partial charge is 0.491 e. The summed E-state index contributed by atoms with van der Waals surface area (Å²) in [6.45, 7) is 0.438. The van der Waals surface area contributed by atoms with Gasteiger partial charge in [-0.25, -0.2) is 18.7 Å². The van der Waals surface area contributed by atoms with Crippen LogP contribution in [0.15, 0.2) is 48.5 Å². The Kier molecular flexibility index (Phi) is 4.82. The van der Waals surface area contributed by atoms with Crippen molar-refractivity contribution in [2.45, 2.75) is 6.42 Å². The fourth-order valence-corrected chi connectivity index (χ4v) is 4.87. The molecule has 4 N–H and O–H groups in total. The van der Waals surface area contributed by atoms with E-state index >= 15 is 0 Å². The van der Waals surface area contributed by atoms with E-state index < -0.39 is 17.5 Å². The van der Waals surface area contributed by atoms with Gasteiger partial charge >= 0.3 is 0 Å². The molecule has 1 aromatic carbocycles. The van der Waals surface area contributed by atoms with E-state index in [9.17, 15) is 13.6 Å². The van der Waals surface area contributed by atoms with E-state index in [1.165, 1.54) is 29.5 Å². The van der Waals surface area contributed by atoms with Crippen molar-refractivity contribution in [2.24, 2.45) is 5.73 Å². The summed E-state index contributed by atoms with van der Waals surface area (Å²) in [6, 6.07) is 11.9. The highest BCUT2D eigenvalue weighted by Gasteiger charge is 2.24. The van der Waals surface area contributed by atoms with Crippen LogP contribution in [0, 0.1) is 11.6 Å². The first-order valence-electron chi connectivity index (χ1n) is 9.70. The van der Waals surface area contributed by atoms with E-state index in [1.807, 2.05) is 6.07 Å². The number of amides is 1. The molecule has 0 fully saturated rings. The number of carbonyl (C=O) groups is 1. The fraction of sp³-hybridized carbons (Fsp3) is 0.0870. The molecule has 0 radical (unpaired) electrons. The number of benzene rings is 1. The van der Waals surface area contributed by atoms with Crippen molar-refractivity contribution in [1.29, 1.82) is 0 Å². The van der Waals surface area contributed by atoms with E-state index in [-0.39, 0.29) is 17.1 Å². The monoisotopic (exact) mass is 450 g/mol. The molecule has 5 rings (SSSR count). The number of hydrogen-bond acceptors (Lipinski definition) is 6. The van der Waals surface area contributed by atoms with Crippen LogP contribution in [0.3, 0.4) is 0 Å². The third-order valence-electron chi connectivity index (χ3n) is 5.13. The minimum atomic E-state index is -0.728. The van der Waals surface area contributed by atoms with Crippen molar-refractivity contribution in [3.05, 3.63) is 71.4 Å². The first-order valence-corrected chi connectivity index (χ1v) is 10.5. The lowest BCUT2D eigenvalue weighted by Crippen LogP contribution is -2.13. The number of pyridine rings is 2. The number of aromatic nitrogens is 2. The van der Waals surface area contributed by atoms with Gasteiger partial charge < -0.3 is 16.2 Å². The third-order valence-corrected chi connectivity index (χ3v) is 6.35. The van der Waals surface area contributed by atoms with Gasteiger partial charge in [-0.15, -0.1) is 11.3 Å². The number of hydrogen-bond donors (Lipinski definition) is 2. The molecule has 1 aliphatic heterocycles. The molecule has 1 aliphatic rings. The lowest BCUT2D eigenvalue weighted by Gasteiger charge is -2.10. The number of nitrogens with two attached hydrogens (primary N) is 2. The number of anilines is 1. The van der Waals surface area contributed by atoms with Gasteiger partial charge in [-0.1, -0.05) is 0 Å². The van der Waals surface area contributed by atoms with Crippen molar-refractivity contribution in [3.8, 4) is 38.0 Å². The van der Waals surface area contributed by atoms with Crippen LogP contribution in [-0.2, 0) is 6.42 Å². The molecule has 32 heavy (non-hydrogen) atoms. The van der Waals surface area contributed by atoms with E-state index in [0.717, 1.165) is 21.4 Å². The third kappa shape index (κ3) is 3.46. The van der Waals surface area contributed by atoms with Gasteiger partial charge in [0.05, 0.1) is 17.2 Å². The average Bonchev–Trinajstić information content (AvgIpc) is 3.10. The van der Waals surface area contributed by atoms with Gasteiger partial charge in [0.15, 0.2) is 0 Å². The number of fused-ring (bicyclic) bond motifs is 3. The smallest absolute Gasteiger partial charge is 0.267 e. The van der Waals surface area contributed by atoms with E-state index in [1.54, 1.807) is 18.2 Å². The van der Waals surface area contributed by atoms with Crippen molar-refractivity contribution in [2.75, 3.05) is 12.3 Å². The Hall–Kier alpha value is -3.85. The summed E-state index contributed by atoms with van der Waals surface area (Å²) >= 11 is 1.42. The summed E-state index contributed by atoms with van der Waals surface area (Å²) in [5.41, 5.74) is 14.0. The highest BCUT2D eigenvalue weighted by molar-refractivity contribution is 7.19. The highest BCUT2D eigenvalue weighted by Crippen LogP contribution is 2.45. The normalized spacial score (nSPS) is 12.4. The van der Waals surface area contributed by atoms with Crippen LogP contribution in [0.1, 0.15) is 16.1 Å². The molecule has 0 saturated heterocycles. The maximum Gasteiger partial charge on any atom is 0.267 e. The number of rotatable bonds is 3. The van der Waals surface area contributed by atoms with E-state index in [0.29, 0.717) is 35.7 Å². The first-order chi connectivity index (χ1) is 15.4. The molecule has 3 aromatic heterocycles. The summed E-state index contributed by atoms with van der Waals surface area (Å²) in [6.07, 6.45) is 0.622. The summed E-state index contributed by atoms with van der Waals surface area (Å²) in [5.74, 6) is -1.26. The van der Waals surface area contributed by atoms with Crippen molar-refractivity contribution < 1.29 is 18.3 Å². The summed E-state index contributed by atoms with van der Waals surface area (Å²) in [5, 5.41) is 0. The average molecular weight is 450 g/mol. The van der Waals surface area contributed by atoms with Crippen LogP contribution in [0.5, 0.6) is 5.75 Å². The Labute approximate surface area is 185 Å². The topological polar surface area (TPSA) is 104 Å². The zero-order valence-electron chi connectivity index (χ0n) is 16.6. The molecule has 0 aliphatic carbocycles. The molecule has 0 spiro atoms. The van der Waals surface area contributed by atoms with Crippen molar-refractivity contribution in [3.63, 3.8) is 0 Å². The maximum atomic E-state index is 14.6. The number of primary amides is 1. The van der Waals surface area contributed by atoms with Crippen LogP contribution < -0.4 is 16.2 Å². The quantitative estimate of drug-likeness (QED) is 0.480. The lowest BCUT2D eigenvalue weighted by molar-refractivity contribution is 0.0995. The Morgan fingerprint density at radius 2 is 1.81 bits per heavy atom. The summed E-state index contributed by atoms with van der Waals surface area (Å²) in [4.78, 5) is 22.0. The minimum Gasteiger partial charge on any atom is -0.491 e. The van der Waals surface area contributed by atoms with Gasteiger partial charge in [0.25, 0.3) is 5.91 Å². The number of ether oxygens (including phenoxy) is 1. The number of nitrogens with zero attached hydrogens (tertiary/aromatic N) is 2. The molecular weight excluding hydrogens is 434 g/mol. The van der Waals surface area contributed by atoms with Crippen LogP contribution in [0.2, 0.25) is 0 Å². The molecule has 4 heterocycles. The predicted molar refractivity (Wildman–Crippen MR) is 118 cm³/mol. The molecule has 4 aromatic rings. The molecule has 1 amide bonds. The van der Waals surface area contributed by atoms with E-state index in [4.69, 9.17) is 16.2 Å². The van der Waals surface area contributed by atoms with Crippen molar-refractivity contribution in [1.82, 2.24) is 9.97 Å². The molecule has 9 heteroatoms. The van der Waals surface area contributed by atoms with Gasteiger partial charge in [0.1, 0.15) is 34.6 Å². The molecule has 160 valence electrons. The molecule has 0 saturated carbocycles. The fourth-order valence-electron chi connectivity index (χ4n) is 3.64. The second kappa shape index (κ2) is 7.69. The SMILES string of the molecule is NC(=O)c1ccc2c(n1)-c1sc(-c3ccc(N)nc3-c3ccc(F)cc3F)cc1CCO2. The molecular formula is C23H16F2N4O2S. The Morgan fingerprint density at radius 1 is 1.00 bits per heavy atom. The predicted octanol–water partition coefficient (Wildman–Crippen LogP) is 4.43.